The molecular formula is C30H42F2N6O3. The number of carbonyl (C=O) groups excluding carboxylic acids is 2. The number of aliphatic imine (C=N–C) groups is 1. The van der Waals surface area contributed by atoms with Crippen molar-refractivity contribution in [1.82, 2.24) is 4.98 Å². The van der Waals surface area contributed by atoms with Crippen molar-refractivity contribution in [3.8, 4) is 0 Å². The Morgan fingerprint density at radius 3 is 2.61 bits per heavy atom. The van der Waals surface area contributed by atoms with Gasteiger partial charge in [0.2, 0.25) is 0 Å². The summed E-state index contributed by atoms with van der Waals surface area (Å²) in [6.45, 7) is 11.5. The number of rotatable bonds is 11. The number of anilines is 4. The molecule has 0 radical (unpaired) electrons. The second kappa shape index (κ2) is 13.7. The zero-order valence-corrected chi connectivity index (χ0v) is 24.8. The molecule has 2 heterocycles. The molecule has 2 amide bonds. The van der Waals surface area contributed by atoms with E-state index < -0.39 is 18.1 Å². The molecule has 0 bridgehead atoms. The van der Waals surface area contributed by atoms with Crippen molar-refractivity contribution in [3.05, 3.63) is 41.1 Å². The molecule has 9 nitrogen and oxygen atoms in total. The Morgan fingerprint density at radius 1 is 1.27 bits per heavy atom. The average molecular weight is 573 g/mol. The fourth-order valence-electron chi connectivity index (χ4n) is 4.96. The van der Waals surface area contributed by atoms with Crippen LogP contribution < -0.4 is 20.9 Å². The van der Waals surface area contributed by atoms with E-state index in [-0.39, 0.29) is 28.8 Å². The number of urea groups is 1. The van der Waals surface area contributed by atoms with Crippen molar-refractivity contribution in [1.29, 1.82) is 0 Å². The molecule has 3 rings (SSSR count). The van der Waals surface area contributed by atoms with E-state index in [2.05, 4.69) is 27.1 Å². The van der Waals surface area contributed by atoms with Crippen LogP contribution in [0.15, 0.2) is 29.4 Å². The predicted octanol–water partition coefficient (Wildman–Crippen LogP) is 6.22. The minimum atomic E-state index is -2.81. The third-order valence-corrected chi connectivity index (χ3v) is 6.91. The van der Waals surface area contributed by atoms with Crippen molar-refractivity contribution in [2.75, 3.05) is 47.5 Å². The second-order valence-corrected chi connectivity index (χ2v) is 11.1. The van der Waals surface area contributed by atoms with Crippen molar-refractivity contribution >= 4 is 41.1 Å². The van der Waals surface area contributed by atoms with Gasteiger partial charge in [-0.1, -0.05) is 13.8 Å². The number of nitrogens with one attached hydrogen (secondary N) is 1. The van der Waals surface area contributed by atoms with Gasteiger partial charge in [-0.25, -0.2) is 18.6 Å². The van der Waals surface area contributed by atoms with Crippen LogP contribution in [0.5, 0.6) is 0 Å². The van der Waals surface area contributed by atoms with Gasteiger partial charge in [-0.05, 0) is 64.7 Å². The second-order valence-electron chi connectivity index (χ2n) is 11.1. The molecule has 1 atom stereocenters. The monoisotopic (exact) mass is 572 g/mol. The molecule has 0 spiro atoms. The summed E-state index contributed by atoms with van der Waals surface area (Å²) in [6, 6.07) is 4.17. The van der Waals surface area contributed by atoms with Crippen LogP contribution in [0.25, 0.3) is 0 Å². The van der Waals surface area contributed by atoms with Crippen LogP contribution >= 0.6 is 0 Å². The fourth-order valence-corrected chi connectivity index (χ4v) is 4.96. The standard InChI is InChI=1S/C30H42F2N6O3/c1-7-13-37(14-10-19(8-2)28(39)41-30(3,4)5)24-9-12-35-27-22(24)11-15-38(27)29(40)36-21-16-20(18-34-6)25(33)23(17-21)26(31)32/h9,12,16-19,26H,7-8,10-11,13-15,33H2,1-6H3,(H,36,40). The molecular weight excluding hydrogens is 530 g/mol. The summed E-state index contributed by atoms with van der Waals surface area (Å²) < 4.78 is 32.8. The van der Waals surface area contributed by atoms with E-state index in [0.717, 1.165) is 24.2 Å². The summed E-state index contributed by atoms with van der Waals surface area (Å²) in [5, 5.41) is 2.73. The number of alkyl halides is 2. The Hall–Kier alpha value is -3.76. The first-order chi connectivity index (χ1) is 19.4. The highest BCUT2D eigenvalue weighted by molar-refractivity contribution is 6.04. The van der Waals surface area contributed by atoms with Gasteiger partial charge in [0.1, 0.15) is 11.4 Å². The van der Waals surface area contributed by atoms with Gasteiger partial charge in [-0.2, -0.15) is 0 Å². The Kier molecular flexibility index (Phi) is 10.6. The molecule has 1 aromatic carbocycles. The molecule has 0 saturated heterocycles. The summed E-state index contributed by atoms with van der Waals surface area (Å²) in [7, 11) is 1.51. The number of hydrogen-bond acceptors (Lipinski definition) is 7. The maximum atomic E-state index is 13.6. The molecule has 41 heavy (non-hydrogen) atoms. The molecule has 0 aliphatic carbocycles. The first kappa shape index (κ1) is 31.8. The largest absolute Gasteiger partial charge is 0.460 e. The molecule has 3 N–H and O–H groups in total. The Labute approximate surface area is 241 Å². The van der Waals surface area contributed by atoms with E-state index >= 15 is 0 Å². The molecule has 224 valence electrons. The van der Waals surface area contributed by atoms with Gasteiger partial charge >= 0.3 is 12.0 Å². The molecule has 1 aliphatic heterocycles. The van der Waals surface area contributed by atoms with E-state index in [1.165, 1.54) is 30.3 Å². The minimum Gasteiger partial charge on any atom is -0.460 e. The molecule has 2 aromatic rings. The highest BCUT2D eigenvalue weighted by atomic mass is 19.3. The van der Waals surface area contributed by atoms with Crippen molar-refractivity contribution < 1.29 is 23.1 Å². The van der Waals surface area contributed by atoms with Crippen molar-refractivity contribution in [2.45, 2.75) is 72.3 Å². The van der Waals surface area contributed by atoms with E-state index in [1.54, 1.807) is 6.20 Å². The minimum absolute atomic E-state index is 0.0746. The predicted molar refractivity (Wildman–Crippen MR) is 160 cm³/mol. The number of nitrogens with two attached hydrogens (primary N) is 1. The summed E-state index contributed by atoms with van der Waals surface area (Å²) in [5.74, 6) is 0.122. The Bertz CT molecular complexity index is 1260. The third-order valence-electron chi connectivity index (χ3n) is 6.91. The van der Waals surface area contributed by atoms with Gasteiger partial charge in [0.25, 0.3) is 6.43 Å². The SMILES string of the molecule is CCCN(CCC(CC)C(=O)OC(C)(C)C)c1ccnc2c1CCN2C(=O)Nc1cc(C=NC)c(N)c(C(F)F)c1. The van der Waals surface area contributed by atoms with Crippen LogP contribution in [-0.2, 0) is 16.0 Å². The fraction of sp³-hybridized carbons (Fsp3) is 0.533. The Balaban J connectivity index is 1.82. The number of nitrogens with zero attached hydrogens (tertiary/aromatic N) is 4. The molecule has 0 saturated carbocycles. The van der Waals surface area contributed by atoms with Gasteiger partial charge in [0.15, 0.2) is 0 Å². The summed E-state index contributed by atoms with van der Waals surface area (Å²) in [5.41, 5.74) is 7.31. The number of esters is 1. The first-order valence-electron chi connectivity index (χ1n) is 14.1. The van der Waals surface area contributed by atoms with Gasteiger partial charge < -0.3 is 20.7 Å². The zero-order chi connectivity index (χ0) is 30.3. The number of pyridine rings is 1. The lowest BCUT2D eigenvalue weighted by Gasteiger charge is -2.29. The van der Waals surface area contributed by atoms with Gasteiger partial charge in [-0.3, -0.25) is 14.7 Å². The topological polar surface area (TPSA) is 113 Å². The summed E-state index contributed by atoms with van der Waals surface area (Å²) >= 11 is 0. The molecule has 1 aliphatic rings. The van der Waals surface area contributed by atoms with Crippen LogP contribution in [0.1, 0.15) is 77.0 Å². The first-order valence-corrected chi connectivity index (χ1v) is 14.1. The average Bonchev–Trinajstić information content (AvgIpc) is 3.34. The number of nitrogen functional groups attached to an aromatic ring is 1. The van der Waals surface area contributed by atoms with Crippen LogP contribution in [0.3, 0.4) is 0 Å². The summed E-state index contributed by atoms with van der Waals surface area (Å²) in [4.78, 5) is 38.2. The number of ether oxygens (including phenoxy) is 1. The van der Waals surface area contributed by atoms with Crippen LogP contribution in [0.4, 0.5) is 36.5 Å². The molecule has 1 aromatic heterocycles. The summed E-state index contributed by atoms with van der Waals surface area (Å²) in [6.07, 6.45) is 3.05. The zero-order valence-electron chi connectivity index (χ0n) is 24.8. The van der Waals surface area contributed by atoms with Crippen LogP contribution in [-0.4, -0.2) is 55.5 Å². The van der Waals surface area contributed by atoms with Crippen molar-refractivity contribution in [3.63, 3.8) is 0 Å². The number of carbonyl (C=O) groups is 2. The molecule has 1 unspecified atom stereocenters. The van der Waals surface area contributed by atoms with E-state index in [4.69, 9.17) is 10.5 Å². The highest BCUT2D eigenvalue weighted by Gasteiger charge is 2.31. The number of fused-ring (bicyclic) bond motifs is 1. The van der Waals surface area contributed by atoms with Crippen molar-refractivity contribution in [2.24, 2.45) is 10.9 Å². The maximum absolute atomic E-state index is 13.6. The van der Waals surface area contributed by atoms with Gasteiger partial charge in [0.05, 0.1) is 5.92 Å². The molecule has 11 heteroatoms. The lowest BCUT2D eigenvalue weighted by molar-refractivity contribution is -0.160. The maximum Gasteiger partial charge on any atom is 0.327 e. The van der Waals surface area contributed by atoms with Gasteiger partial charge in [-0.15, -0.1) is 0 Å². The van der Waals surface area contributed by atoms with Crippen LogP contribution in [0.2, 0.25) is 0 Å². The van der Waals surface area contributed by atoms with Gasteiger partial charge in [0, 0.05) is 72.8 Å². The number of aromatic nitrogens is 1. The van der Waals surface area contributed by atoms with Crippen LogP contribution in [0, 0.1) is 5.92 Å². The quantitative estimate of drug-likeness (QED) is 0.188. The smallest absolute Gasteiger partial charge is 0.327 e. The van der Waals surface area contributed by atoms with E-state index in [1.807, 2.05) is 33.8 Å². The number of hydrogen-bond donors (Lipinski definition) is 2. The number of benzene rings is 1. The number of halogens is 2. The highest BCUT2D eigenvalue weighted by Crippen LogP contribution is 2.36. The lowest BCUT2D eigenvalue weighted by Crippen LogP contribution is -2.34. The Morgan fingerprint density at radius 2 is 2.00 bits per heavy atom. The van der Waals surface area contributed by atoms with E-state index in [9.17, 15) is 18.4 Å². The molecule has 0 fully saturated rings. The normalized spacial score (nSPS) is 13.9. The third kappa shape index (κ3) is 7.92. The number of amides is 2. The lowest BCUT2D eigenvalue weighted by atomic mass is 10.0. The van der Waals surface area contributed by atoms with E-state index in [0.29, 0.717) is 43.7 Å².